The standard InChI is InChI=1S/C19H35NO/c1-3-20-18(17-13-9-6-5-7-10-14-17)19(21-4-2)15-11-8-12-16-19/h13,18,20H,3-12,14-16H2,1-2H3. The molecule has 2 heteroatoms. The van der Waals surface area contributed by atoms with Gasteiger partial charge in [-0.1, -0.05) is 50.7 Å². The molecule has 0 saturated heterocycles. The molecule has 1 atom stereocenters. The largest absolute Gasteiger partial charge is 0.373 e. The number of nitrogens with one attached hydrogen (secondary N) is 1. The quantitative estimate of drug-likeness (QED) is 0.697. The van der Waals surface area contributed by atoms with Crippen LogP contribution in [0.2, 0.25) is 0 Å². The van der Waals surface area contributed by atoms with Crippen LogP contribution in [0, 0.1) is 0 Å². The summed E-state index contributed by atoms with van der Waals surface area (Å²) >= 11 is 0. The molecule has 0 aromatic carbocycles. The van der Waals surface area contributed by atoms with Crippen molar-refractivity contribution >= 4 is 0 Å². The second-order valence-electron chi connectivity index (χ2n) is 6.78. The van der Waals surface area contributed by atoms with E-state index in [-0.39, 0.29) is 5.60 Å². The summed E-state index contributed by atoms with van der Waals surface area (Å²) in [5, 5.41) is 3.80. The molecule has 0 aromatic heterocycles. The van der Waals surface area contributed by atoms with Gasteiger partial charge in [0.25, 0.3) is 0 Å². The van der Waals surface area contributed by atoms with Crippen molar-refractivity contribution < 1.29 is 4.74 Å². The minimum atomic E-state index is 0.0635. The van der Waals surface area contributed by atoms with Gasteiger partial charge < -0.3 is 10.1 Å². The maximum Gasteiger partial charge on any atom is 0.0872 e. The lowest BCUT2D eigenvalue weighted by molar-refractivity contribution is -0.0823. The van der Waals surface area contributed by atoms with Crippen molar-refractivity contribution in [3.63, 3.8) is 0 Å². The fourth-order valence-corrected chi connectivity index (χ4v) is 4.29. The van der Waals surface area contributed by atoms with E-state index in [1.807, 2.05) is 0 Å². The van der Waals surface area contributed by atoms with E-state index >= 15 is 0 Å². The van der Waals surface area contributed by atoms with Gasteiger partial charge in [0.1, 0.15) is 0 Å². The molecule has 0 amide bonds. The van der Waals surface area contributed by atoms with Crippen LogP contribution in [0.25, 0.3) is 0 Å². The van der Waals surface area contributed by atoms with Crippen LogP contribution in [-0.4, -0.2) is 24.8 Å². The number of ether oxygens (including phenoxy) is 1. The summed E-state index contributed by atoms with van der Waals surface area (Å²) < 4.78 is 6.41. The van der Waals surface area contributed by atoms with Crippen molar-refractivity contribution in [3.05, 3.63) is 11.6 Å². The first-order chi connectivity index (χ1) is 10.3. The molecule has 1 N–H and O–H groups in total. The van der Waals surface area contributed by atoms with Crippen molar-refractivity contribution in [1.82, 2.24) is 5.32 Å². The molecule has 122 valence electrons. The van der Waals surface area contributed by atoms with Gasteiger partial charge in [-0.05, 0) is 52.0 Å². The Kier molecular flexibility index (Phi) is 7.25. The zero-order valence-electron chi connectivity index (χ0n) is 14.3. The van der Waals surface area contributed by atoms with Gasteiger partial charge in [0.2, 0.25) is 0 Å². The third kappa shape index (κ3) is 4.56. The fraction of sp³-hybridized carbons (Fsp3) is 0.895. The van der Waals surface area contributed by atoms with Gasteiger partial charge in [-0.25, -0.2) is 0 Å². The summed E-state index contributed by atoms with van der Waals surface area (Å²) in [5.41, 5.74) is 1.71. The second-order valence-corrected chi connectivity index (χ2v) is 6.78. The van der Waals surface area contributed by atoms with Crippen molar-refractivity contribution in [3.8, 4) is 0 Å². The van der Waals surface area contributed by atoms with Gasteiger partial charge in [-0.2, -0.15) is 0 Å². The monoisotopic (exact) mass is 293 g/mol. The molecule has 0 bridgehead atoms. The molecular formula is C19H35NO. The Morgan fingerprint density at radius 1 is 1.05 bits per heavy atom. The van der Waals surface area contributed by atoms with Gasteiger partial charge in [-0.15, -0.1) is 0 Å². The molecule has 21 heavy (non-hydrogen) atoms. The molecular weight excluding hydrogens is 258 g/mol. The molecule has 0 aliphatic heterocycles. The molecule has 2 aliphatic carbocycles. The van der Waals surface area contributed by atoms with Crippen LogP contribution < -0.4 is 5.32 Å². The van der Waals surface area contributed by atoms with Crippen LogP contribution in [-0.2, 0) is 4.74 Å². The lowest BCUT2D eigenvalue weighted by Crippen LogP contribution is -2.54. The molecule has 2 rings (SSSR count). The van der Waals surface area contributed by atoms with Crippen LogP contribution in [0.4, 0.5) is 0 Å². The first-order valence-corrected chi connectivity index (χ1v) is 9.38. The molecule has 1 unspecified atom stereocenters. The van der Waals surface area contributed by atoms with Crippen molar-refractivity contribution in [1.29, 1.82) is 0 Å². The molecule has 0 aromatic rings. The minimum Gasteiger partial charge on any atom is -0.373 e. The molecule has 0 heterocycles. The Labute approximate surface area is 131 Å². The van der Waals surface area contributed by atoms with E-state index in [1.165, 1.54) is 70.6 Å². The lowest BCUT2D eigenvalue weighted by Gasteiger charge is -2.45. The van der Waals surface area contributed by atoms with Crippen LogP contribution >= 0.6 is 0 Å². The molecule has 0 radical (unpaired) electrons. The molecule has 0 spiro atoms. The summed E-state index contributed by atoms with van der Waals surface area (Å²) in [4.78, 5) is 0. The van der Waals surface area contributed by atoms with E-state index in [0.29, 0.717) is 6.04 Å². The van der Waals surface area contributed by atoms with Crippen LogP contribution in [0.1, 0.15) is 84.5 Å². The summed E-state index contributed by atoms with van der Waals surface area (Å²) in [6.07, 6.45) is 17.1. The average molecular weight is 293 g/mol. The highest BCUT2D eigenvalue weighted by Crippen LogP contribution is 2.38. The summed E-state index contributed by atoms with van der Waals surface area (Å²) in [7, 11) is 0. The Bertz CT molecular complexity index is 312. The number of hydrogen-bond donors (Lipinski definition) is 1. The first kappa shape index (κ1) is 17.0. The number of hydrogen-bond acceptors (Lipinski definition) is 2. The smallest absolute Gasteiger partial charge is 0.0872 e. The number of likely N-dealkylation sites (N-methyl/N-ethyl adjacent to an activating group) is 1. The number of allylic oxidation sites excluding steroid dienone is 1. The highest BCUT2D eigenvalue weighted by Gasteiger charge is 2.41. The summed E-state index contributed by atoms with van der Waals surface area (Å²) in [5.74, 6) is 0. The molecule has 1 saturated carbocycles. The maximum atomic E-state index is 6.41. The predicted molar refractivity (Wildman–Crippen MR) is 90.7 cm³/mol. The van der Waals surface area contributed by atoms with Crippen LogP contribution in [0.3, 0.4) is 0 Å². The van der Waals surface area contributed by atoms with E-state index in [9.17, 15) is 0 Å². The van der Waals surface area contributed by atoms with Gasteiger partial charge >= 0.3 is 0 Å². The van der Waals surface area contributed by atoms with E-state index in [1.54, 1.807) is 5.57 Å². The Hall–Kier alpha value is -0.340. The highest BCUT2D eigenvalue weighted by atomic mass is 16.5. The first-order valence-electron chi connectivity index (χ1n) is 9.38. The van der Waals surface area contributed by atoms with E-state index in [4.69, 9.17) is 4.74 Å². The van der Waals surface area contributed by atoms with Crippen molar-refractivity contribution in [2.24, 2.45) is 0 Å². The van der Waals surface area contributed by atoms with Gasteiger partial charge in [-0.3, -0.25) is 0 Å². The van der Waals surface area contributed by atoms with E-state index < -0.39 is 0 Å². The topological polar surface area (TPSA) is 21.3 Å². The SMILES string of the molecule is CCNC(C1=CCCCCCC1)C1(OCC)CCCCC1. The Morgan fingerprint density at radius 3 is 2.48 bits per heavy atom. The maximum absolute atomic E-state index is 6.41. The average Bonchev–Trinajstić information content (AvgIpc) is 2.46. The lowest BCUT2D eigenvalue weighted by atomic mass is 9.75. The molecule has 2 nitrogen and oxygen atoms in total. The predicted octanol–water partition coefficient (Wildman–Crippen LogP) is 4.98. The normalized spacial score (nSPS) is 24.8. The summed E-state index contributed by atoms with van der Waals surface area (Å²) in [6.45, 7) is 6.27. The molecule has 2 aliphatic rings. The minimum absolute atomic E-state index is 0.0635. The fourth-order valence-electron chi connectivity index (χ4n) is 4.29. The zero-order valence-corrected chi connectivity index (χ0v) is 14.3. The van der Waals surface area contributed by atoms with Gasteiger partial charge in [0.15, 0.2) is 0 Å². The Morgan fingerprint density at radius 2 is 1.76 bits per heavy atom. The van der Waals surface area contributed by atoms with Crippen LogP contribution in [0.15, 0.2) is 11.6 Å². The van der Waals surface area contributed by atoms with E-state index in [0.717, 1.165) is 13.2 Å². The molecule has 1 fully saturated rings. The van der Waals surface area contributed by atoms with E-state index in [2.05, 4.69) is 25.2 Å². The van der Waals surface area contributed by atoms with Crippen molar-refractivity contribution in [2.75, 3.05) is 13.2 Å². The Balaban J connectivity index is 2.20. The highest BCUT2D eigenvalue weighted by molar-refractivity contribution is 5.19. The zero-order chi connectivity index (χ0) is 15.0. The van der Waals surface area contributed by atoms with Crippen molar-refractivity contribution in [2.45, 2.75) is 96.1 Å². The van der Waals surface area contributed by atoms with Gasteiger partial charge in [0, 0.05) is 6.61 Å². The third-order valence-electron chi connectivity index (χ3n) is 5.26. The van der Waals surface area contributed by atoms with Crippen LogP contribution in [0.5, 0.6) is 0 Å². The second kappa shape index (κ2) is 8.95. The summed E-state index contributed by atoms with van der Waals surface area (Å²) in [6, 6.07) is 0.445. The van der Waals surface area contributed by atoms with Gasteiger partial charge in [0.05, 0.1) is 11.6 Å². The third-order valence-corrected chi connectivity index (χ3v) is 5.26. The number of rotatable bonds is 6.